The number of rotatable bonds is 3. The Morgan fingerprint density at radius 1 is 1.22 bits per heavy atom. The minimum atomic E-state index is -0.299. The second kappa shape index (κ2) is 6.20. The number of benzene rings is 2. The summed E-state index contributed by atoms with van der Waals surface area (Å²) in [7, 11) is 2.07. The van der Waals surface area contributed by atoms with Crippen LogP contribution in [0.1, 0.15) is 28.3 Å². The highest BCUT2D eigenvalue weighted by atomic mass is 16.3. The average Bonchev–Trinajstić information content (AvgIpc) is 2.53. The fourth-order valence-corrected chi connectivity index (χ4v) is 3.06. The van der Waals surface area contributed by atoms with Gasteiger partial charge in [-0.3, -0.25) is 4.79 Å². The summed E-state index contributed by atoms with van der Waals surface area (Å²) in [6.45, 7) is 1.48. The van der Waals surface area contributed by atoms with Crippen molar-refractivity contribution in [1.29, 1.82) is 0 Å². The molecule has 1 heterocycles. The second-order valence-corrected chi connectivity index (χ2v) is 5.91. The molecule has 0 saturated heterocycles. The molecule has 1 aliphatic rings. The van der Waals surface area contributed by atoms with Crippen LogP contribution in [0.25, 0.3) is 0 Å². The molecule has 5 nitrogen and oxygen atoms in total. The molecule has 0 aliphatic carbocycles. The monoisotopic (exact) mass is 312 g/mol. The first-order valence-corrected chi connectivity index (χ1v) is 7.66. The maximum Gasteiger partial charge on any atom is 0.251 e. The summed E-state index contributed by atoms with van der Waals surface area (Å²) in [5, 5.41) is 21.8. The van der Waals surface area contributed by atoms with E-state index in [1.807, 2.05) is 12.1 Å². The van der Waals surface area contributed by atoms with Gasteiger partial charge in [-0.25, -0.2) is 0 Å². The zero-order chi connectivity index (χ0) is 16.4. The molecule has 0 aromatic heterocycles. The van der Waals surface area contributed by atoms with E-state index in [1.165, 1.54) is 29.4 Å². The Bertz CT molecular complexity index is 710. The number of hydrogen-bond acceptors (Lipinski definition) is 4. The Hall–Kier alpha value is -2.69. The molecule has 1 amide bonds. The van der Waals surface area contributed by atoms with Crippen LogP contribution in [0.3, 0.4) is 0 Å². The Labute approximate surface area is 135 Å². The molecule has 0 radical (unpaired) electrons. The number of amides is 1. The number of carbonyl (C=O) groups is 1. The number of nitrogens with zero attached hydrogens (tertiary/aromatic N) is 1. The highest BCUT2D eigenvalue weighted by Gasteiger charge is 2.23. The van der Waals surface area contributed by atoms with Crippen LogP contribution < -0.4 is 10.2 Å². The molecule has 0 bridgehead atoms. The van der Waals surface area contributed by atoms with Crippen LogP contribution in [0.15, 0.2) is 42.5 Å². The van der Waals surface area contributed by atoms with Gasteiger partial charge in [-0.15, -0.1) is 0 Å². The lowest BCUT2D eigenvalue weighted by Crippen LogP contribution is -2.34. The van der Waals surface area contributed by atoms with Crippen LogP contribution in [-0.4, -0.2) is 36.3 Å². The highest BCUT2D eigenvalue weighted by molar-refractivity contribution is 5.95. The SMILES string of the molecule is CN1CCC(CNC(=O)c2cc(O)cc(O)c2)c2ccccc21. The minimum absolute atomic E-state index is 0.125. The predicted octanol–water partition coefficient (Wildman–Crippen LogP) is 2.45. The first kappa shape index (κ1) is 15.2. The van der Waals surface area contributed by atoms with E-state index >= 15 is 0 Å². The van der Waals surface area contributed by atoms with Gasteiger partial charge >= 0.3 is 0 Å². The first-order valence-electron chi connectivity index (χ1n) is 7.66. The molecule has 3 rings (SSSR count). The van der Waals surface area contributed by atoms with Crippen molar-refractivity contribution in [3.8, 4) is 11.5 Å². The summed E-state index contributed by atoms with van der Waals surface area (Å²) < 4.78 is 0. The van der Waals surface area contributed by atoms with Crippen LogP contribution in [0.5, 0.6) is 11.5 Å². The van der Waals surface area contributed by atoms with E-state index in [-0.39, 0.29) is 28.9 Å². The lowest BCUT2D eigenvalue weighted by atomic mass is 9.90. The van der Waals surface area contributed by atoms with Crippen molar-refractivity contribution in [3.05, 3.63) is 53.6 Å². The van der Waals surface area contributed by atoms with E-state index in [0.29, 0.717) is 6.54 Å². The third-order valence-electron chi connectivity index (χ3n) is 4.27. The number of hydrogen-bond donors (Lipinski definition) is 3. The molecule has 0 saturated carbocycles. The molecule has 120 valence electrons. The van der Waals surface area contributed by atoms with Gasteiger partial charge in [-0.1, -0.05) is 18.2 Å². The standard InChI is InChI=1S/C18H20N2O3/c1-20-7-6-12(16-4-2-3-5-17(16)20)11-19-18(23)13-8-14(21)10-15(22)9-13/h2-5,8-10,12,21-22H,6-7,11H2,1H3,(H,19,23). The molecular weight excluding hydrogens is 292 g/mol. The Morgan fingerprint density at radius 3 is 2.65 bits per heavy atom. The number of phenols is 2. The lowest BCUT2D eigenvalue weighted by Gasteiger charge is -2.33. The van der Waals surface area contributed by atoms with E-state index in [2.05, 4.69) is 29.4 Å². The predicted molar refractivity (Wildman–Crippen MR) is 89.2 cm³/mol. The summed E-state index contributed by atoms with van der Waals surface area (Å²) >= 11 is 0. The average molecular weight is 312 g/mol. The normalized spacial score (nSPS) is 16.7. The summed E-state index contributed by atoms with van der Waals surface area (Å²) in [5.74, 6) is -0.288. The molecule has 1 atom stereocenters. The molecule has 0 spiro atoms. The van der Waals surface area contributed by atoms with Crippen LogP contribution in [0, 0.1) is 0 Å². The van der Waals surface area contributed by atoms with Crippen molar-refractivity contribution in [2.24, 2.45) is 0 Å². The van der Waals surface area contributed by atoms with Gasteiger partial charge < -0.3 is 20.4 Å². The van der Waals surface area contributed by atoms with Gasteiger partial charge in [0.15, 0.2) is 0 Å². The zero-order valence-corrected chi connectivity index (χ0v) is 13.0. The number of para-hydroxylation sites is 1. The van der Waals surface area contributed by atoms with Crippen LogP contribution >= 0.6 is 0 Å². The first-order chi connectivity index (χ1) is 11.0. The van der Waals surface area contributed by atoms with Gasteiger partial charge in [0.25, 0.3) is 5.91 Å². The van der Waals surface area contributed by atoms with E-state index in [0.717, 1.165) is 13.0 Å². The molecule has 3 N–H and O–H groups in total. The van der Waals surface area contributed by atoms with E-state index in [1.54, 1.807) is 0 Å². The van der Waals surface area contributed by atoms with Gasteiger partial charge in [0.2, 0.25) is 0 Å². The van der Waals surface area contributed by atoms with Crippen molar-refractivity contribution in [1.82, 2.24) is 5.32 Å². The highest BCUT2D eigenvalue weighted by Crippen LogP contribution is 2.33. The van der Waals surface area contributed by atoms with E-state index in [9.17, 15) is 15.0 Å². The molecule has 2 aromatic carbocycles. The van der Waals surface area contributed by atoms with Crippen LogP contribution in [0.4, 0.5) is 5.69 Å². The molecule has 5 heteroatoms. The molecular formula is C18H20N2O3. The summed E-state index contributed by atoms with van der Waals surface area (Å²) in [5.41, 5.74) is 2.69. The summed E-state index contributed by atoms with van der Waals surface area (Å²) in [4.78, 5) is 14.4. The maximum atomic E-state index is 12.2. The minimum Gasteiger partial charge on any atom is -0.508 e. The molecule has 1 unspecified atom stereocenters. The fraction of sp³-hybridized carbons (Fsp3) is 0.278. The molecule has 0 fully saturated rings. The lowest BCUT2D eigenvalue weighted by molar-refractivity contribution is 0.0949. The van der Waals surface area contributed by atoms with Crippen molar-refractivity contribution < 1.29 is 15.0 Å². The van der Waals surface area contributed by atoms with Gasteiger partial charge in [0.1, 0.15) is 11.5 Å². The van der Waals surface area contributed by atoms with Crippen molar-refractivity contribution in [2.45, 2.75) is 12.3 Å². The third-order valence-corrected chi connectivity index (χ3v) is 4.27. The smallest absolute Gasteiger partial charge is 0.251 e. The number of carbonyl (C=O) groups excluding carboxylic acids is 1. The Kier molecular flexibility index (Phi) is 4.10. The van der Waals surface area contributed by atoms with Crippen molar-refractivity contribution >= 4 is 11.6 Å². The number of fused-ring (bicyclic) bond motifs is 1. The summed E-state index contributed by atoms with van der Waals surface area (Å²) in [6, 6.07) is 12.1. The van der Waals surface area contributed by atoms with E-state index < -0.39 is 0 Å². The van der Waals surface area contributed by atoms with E-state index in [4.69, 9.17) is 0 Å². The van der Waals surface area contributed by atoms with Crippen molar-refractivity contribution in [3.63, 3.8) is 0 Å². The third kappa shape index (κ3) is 3.23. The second-order valence-electron chi connectivity index (χ2n) is 5.91. The molecule has 23 heavy (non-hydrogen) atoms. The largest absolute Gasteiger partial charge is 0.508 e. The fourth-order valence-electron chi connectivity index (χ4n) is 3.06. The maximum absolute atomic E-state index is 12.2. The van der Waals surface area contributed by atoms with Gasteiger partial charge in [0.05, 0.1) is 0 Å². The quantitative estimate of drug-likeness (QED) is 0.814. The number of nitrogens with one attached hydrogen (secondary N) is 1. The number of phenolic OH excluding ortho intramolecular Hbond substituents is 2. The van der Waals surface area contributed by atoms with Crippen LogP contribution in [0.2, 0.25) is 0 Å². The van der Waals surface area contributed by atoms with Crippen LogP contribution in [-0.2, 0) is 0 Å². The van der Waals surface area contributed by atoms with Gasteiger partial charge in [-0.05, 0) is 30.2 Å². The van der Waals surface area contributed by atoms with Gasteiger partial charge in [0, 0.05) is 43.4 Å². The molecule has 1 aliphatic heterocycles. The van der Waals surface area contributed by atoms with Gasteiger partial charge in [-0.2, -0.15) is 0 Å². The topological polar surface area (TPSA) is 72.8 Å². The Balaban J connectivity index is 1.71. The summed E-state index contributed by atoms with van der Waals surface area (Å²) in [6.07, 6.45) is 0.971. The van der Waals surface area contributed by atoms with Crippen molar-refractivity contribution in [2.75, 3.05) is 25.0 Å². The number of anilines is 1. The Morgan fingerprint density at radius 2 is 1.91 bits per heavy atom. The zero-order valence-electron chi connectivity index (χ0n) is 13.0. The molecule has 2 aromatic rings. The number of aromatic hydroxyl groups is 2.